The number of rotatable bonds is 0. The third-order valence-electron chi connectivity index (χ3n) is 2.45. The van der Waals surface area contributed by atoms with E-state index in [2.05, 4.69) is 0 Å². The standard InChI is InChI=1S/C9H12N2O/c10-6-3-1-5-2-4-7(12)9(11)8(5)6/h2,4,6,12H,1,3,10-11H2/t6-/m0/s1. The topological polar surface area (TPSA) is 72.3 Å². The molecule has 5 N–H and O–H groups in total. The predicted octanol–water partition coefficient (Wildman–Crippen LogP) is 0.920. The highest BCUT2D eigenvalue weighted by atomic mass is 16.3. The molecule has 2 rings (SSSR count). The third kappa shape index (κ3) is 0.865. The molecule has 1 atom stereocenters. The molecule has 0 bridgehead atoms. The maximum Gasteiger partial charge on any atom is 0.138 e. The van der Waals surface area contributed by atoms with E-state index >= 15 is 0 Å². The van der Waals surface area contributed by atoms with Crippen LogP contribution < -0.4 is 11.5 Å². The van der Waals surface area contributed by atoms with Gasteiger partial charge in [-0.15, -0.1) is 0 Å². The Kier molecular flexibility index (Phi) is 1.48. The summed E-state index contributed by atoms with van der Waals surface area (Å²) >= 11 is 0. The van der Waals surface area contributed by atoms with E-state index in [1.807, 2.05) is 6.07 Å². The minimum atomic E-state index is 0.00657. The molecule has 0 spiro atoms. The van der Waals surface area contributed by atoms with Gasteiger partial charge in [0.2, 0.25) is 0 Å². The average Bonchev–Trinajstić information content (AvgIpc) is 2.41. The monoisotopic (exact) mass is 164 g/mol. The minimum Gasteiger partial charge on any atom is -0.506 e. The van der Waals surface area contributed by atoms with Gasteiger partial charge in [0.25, 0.3) is 0 Å². The first-order chi connectivity index (χ1) is 5.70. The van der Waals surface area contributed by atoms with Crippen molar-refractivity contribution in [1.29, 1.82) is 0 Å². The van der Waals surface area contributed by atoms with Gasteiger partial charge in [0.15, 0.2) is 0 Å². The molecule has 0 fully saturated rings. The fourth-order valence-electron chi connectivity index (χ4n) is 1.78. The largest absolute Gasteiger partial charge is 0.506 e. The molecule has 0 radical (unpaired) electrons. The first kappa shape index (κ1) is 7.43. The lowest BCUT2D eigenvalue weighted by atomic mass is 10.1. The number of benzene rings is 1. The van der Waals surface area contributed by atoms with Gasteiger partial charge in [-0.3, -0.25) is 0 Å². The van der Waals surface area contributed by atoms with E-state index in [1.54, 1.807) is 6.07 Å². The maximum absolute atomic E-state index is 9.32. The quantitative estimate of drug-likeness (QED) is 0.394. The number of nitrogen functional groups attached to an aromatic ring is 1. The molecule has 3 nitrogen and oxygen atoms in total. The molecular formula is C9H12N2O. The summed E-state index contributed by atoms with van der Waals surface area (Å²) in [5.41, 5.74) is 14.1. The predicted molar refractivity (Wildman–Crippen MR) is 47.8 cm³/mol. The fraction of sp³-hybridized carbons (Fsp3) is 0.333. The Bertz CT molecular complexity index is 323. The van der Waals surface area contributed by atoms with Crippen molar-refractivity contribution in [2.45, 2.75) is 18.9 Å². The first-order valence-electron chi connectivity index (χ1n) is 4.06. The van der Waals surface area contributed by atoms with E-state index in [1.165, 1.54) is 5.56 Å². The second-order valence-electron chi connectivity index (χ2n) is 3.22. The summed E-state index contributed by atoms with van der Waals surface area (Å²) in [6.07, 6.45) is 1.91. The Morgan fingerprint density at radius 3 is 2.92 bits per heavy atom. The summed E-state index contributed by atoms with van der Waals surface area (Å²) in [5, 5.41) is 9.32. The van der Waals surface area contributed by atoms with E-state index in [0.29, 0.717) is 5.69 Å². The molecule has 1 aromatic rings. The molecule has 0 amide bonds. The van der Waals surface area contributed by atoms with Gasteiger partial charge < -0.3 is 16.6 Å². The SMILES string of the molecule is Nc1c(O)ccc2c1[C@@H](N)CC2. The second-order valence-corrected chi connectivity index (χ2v) is 3.22. The molecule has 1 aromatic carbocycles. The number of aryl methyl sites for hydroxylation is 1. The molecule has 0 aliphatic heterocycles. The average molecular weight is 164 g/mol. The number of fused-ring (bicyclic) bond motifs is 1. The van der Waals surface area contributed by atoms with Crippen LogP contribution in [0.1, 0.15) is 23.6 Å². The molecule has 0 aromatic heterocycles. The van der Waals surface area contributed by atoms with E-state index in [-0.39, 0.29) is 11.8 Å². The van der Waals surface area contributed by atoms with Gasteiger partial charge in [0.05, 0.1) is 5.69 Å². The number of phenolic OH excluding ortho intramolecular Hbond substituents is 1. The van der Waals surface area contributed by atoms with Crippen LogP contribution in [0.25, 0.3) is 0 Å². The highest BCUT2D eigenvalue weighted by Crippen LogP contribution is 2.37. The molecule has 1 aliphatic carbocycles. The third-order valence-corrected chi connectivity index (χ3v) is 2.45. The van der Waals surface area contributed by atoms with Crippen molar-refractivity contribution in [3.63, 3.8) is 0 Å². The van der Waals surface area contributed by atoms with Gasteiger partial charge in [-0.25, -0.2) is 0 Å². The summed E-state index contributed by atoms with van der Waals surface area (Å²) < 4.78 is 0. The Morgan fingerprint density at radius 1 is 1.42 bits per heavy atom. The highest BCUT2D eigenvalue weighted by molar-refractivity contribution is 5.63. The number of aromatic hydroxyl groups is 1. The van der Waals surface area contributed by atoms with Crippen LogP contribution in [0.5, 0.6) is 5.75 Å². The van der Waals surface area contributed by atoms with Gasteiger partial charge in [0, 0.05) is 6.04 Å². The van der Waals surface area contributed by atoms with Crippen molar-refractivity contribution < 1.29 is 5.11 Å². The fourth-order valence-corrected chi connectivity index (χ4v) is 1.78. The zero-order valence-corrected chi connectivity index (χ0v) is 6.75. The smallest absolute Gasteiger partial charge is 0.138 e. The number of phenols is 1. The molecule has 0 saturated carbocycles. The van der Waals surface area contributed by atoms with Crippen molar-refractivity contribution in [2.75, 3.05) is 5.73 Å². The lowest BCUT2D eigenvalue weighted by Gasteiger charge is -2.09. The molecule has 3 heteroatoms. The summed E-state index contributed by atoms with van der Waals surface area (Å²) in [7, 11) is 0. The molecular weight excluding hydrogens is 152 g/mol. The Hall–Kier alpha value is -1.22. The van der Waals surface area contributed by atoms with Crippen LogP contribution in [-0.2, 0) is 6.42 Å². The van der Waals surface area contributed by atoms with Gasteiger partial charge in [-0.2, -0.15) is 0 Å². The van der Waals surface area contributed by atoms with E-state index in [4.69, 9.17) is 11.5 Å². The van der Waals surface area contributed by atoms with Crippen LogP contribution >= 0.6 is 0 Å². The molecule has 64 valence electrons. The number of hydrogen-bond donors (Lipinski definition) is 3. The zero-order valence-electron chi connectivity index (χ0n) is 6.75. The van der Waals surface area contributed by atoms with Crippen LogP contribution in [-0.4, -0.2) is 5.11 Å². The van der Waals surface area contributed by atoms with Crippen molar-refractivity contribution in [3.8, 4) is 5.75 Å². The van der Waals surface area contributed by atoms with Crippen LogP contribution in [0.15, 0.2) is 12.1 Å². The van der Waals surface area contributed by atoms with Crippen molar-refractivity contribution in [1.82, 2.24) is 0 Å². The zero-order chi connectivity index (χ0) is 8.72. The summed E-state index contributed by atoms with van der Waals surface area (Å²) in [6, 6.07) is 3.53. The van der Waals surface area contributed by atoms with Gasteiger partial charge in [0.1, 0.15) is 5.75 Å². The highest BCUT2D eigenvalue weighted by Gasteiger charge is 2.22. The Balaban J connectivity index is 2.63. The lowest BCUT2D eigenvalue weighted by molar-refractivity contribution is 0.477. The molecule has 12 heavy (non-hydrogen) atoms. The molecule has 0 saturated heterocycles. The number of hydrogen-bond acceptors (Lipinski definition) is 3. The summed E-state index contributed by atoms with van der Waals surface area (Å²) in [4.78, 5) is 0. The molecule has 0 heterocycles. The van der Waals surface area contributed by atoms with Crippen LogP contribution in [0.3, 0.4) is 0 Å². The Morgan fingerprint density at radius 2 is 2.17 bits per heavy atom. The number of nitrogens with two attached hydrogens (primary N) is 2. The van der Waals surface area contributed by atoms with Crippen molar-refractivity contribution >= 4 is 5.69 Å². The maximum atomic E-state index is 9.32. The van der Waals surface area contributed by atoms with Gasteiger partial charge >= 0.3 is 0 Å². The van der Waals surface area contributed by atoms with Crippen LogP contribution in [0.4, 0.5) is 5.69 Å². The molecule has 1 aliphatic rings. The van der Waals surface area contributed by atoms with Crippen LogP contribution in [0.2, 0.25) is 0 Å². The first-order valence-corrected chi connectivity index (χ1v) is 4.06. The van der Waals surface area contributed by atoms with Crippen molar-refractivity contribution in [2.24, 2.45) is 5.73 Å². The molecule has 0 unspecified atom stereocenters. The van der Waals surface area contributed by atoms with Crippen molar-refractivity contribution in [3.05, 3.63) is 23.3 Å². The van der Waals surface area contributed by atoms with Gasteiger partial charge in [-0.1, -0.05) is 6.07 Å². The normalized spacial score (nSPS) is 20.9. The summed E-state index contributed by atoms with van der Waals surface area (Å²) in [6.45, 7) is 0. The van der Waals surface area contributed by atoms with E-state index in [9.17, 15) is 5.11 Å². The lowest BCUT2D eigenvalue weighted by Crippen LogP contribution is -2.08. The Labute approximate surface area is 71.0 Å². The van der Waals surface area contributed by atoms with E-state index < -0.39 is 0 Å². The summed E-state index contributed by atoms with van der Waals surface area (Å²) in [5.74, 6) is 0.145. The van der Waals surface area contributed by atoms with E-state index in [0.717, 1.165) is 18.4 Å². The van der Waals surface area contributed by atoms with Gasteiger partial charge in [-0.05, 0) is 30.0 Å². The number of anilines is 1. The van der Waals surface area contributed by atoms with Crippen LogP contribution in [0, 0.1) is 0 Å². The minimum absolute atomic E-state index is 0.00657. The second kappa shape index (κ2) is 2.38.